The van der Waals surface area contributed by atoms with Gasteiger partial charge in [-0.15, -0.1) is 11.3 Å². The van der Waals surface area contributed by atoms with Gasteiger partial charge in [0.2, 0.25) is 0 Å². The fourth-order valence-corrected chi connectivity index (χ4v) is 3.81. The van der Waals surface area contributed by atoms with E-state index in [1.165, 1.54) is 23.4 Å². The van der Waals surface area contributed by atoms with E-state index in [1.807, 2.05) is 56.3 Å². The van der Waals surface area contributed by atoms with Gasteiger partial charge in [-0.2, -0.15) is 0 Å². The van der Waals surface area contributed by atoms with Crippen molar-refractivity contribution in [2.75, 3.05) is 5.32 Å². The molecule has 0 spiro atoms. The number of nitrogens with one attached hydrogen (secondary N) is 1. The molecule has 3 nitrogen and oxygen atoms in total. The Morgan fingerprint density at radius 2 is 1.88 bits per heavy atom. The molecule has 2 aromatic carbocycles. The number of carbonyl (C=O) groups excluding carboxylic acids is 1. The highest BCUT2D eigenvalue weighted by atomic mass is 32.1. The van der Waals surface area contributed by atoms with Gasteiger partial charge in [0.25, 0.3) is 5.91 Å². The highest BCUT2D eigenvalue weighted by Crippen LogP contribution is 2.42. The molecule has 1 heterocycles. The van der Waals surface area contributed by atoms with E-state index in [4.69, 9.17) is 4.98 Å². The van der Waals surface area contributed by atoms with E-state index in [1.54, 1.807) is 11.3 Å². The largest absolute Gasteiger partial charge is 0.322 e. The van der Waals surface area contributed by atoms with Crippen molar-refractivity contribution in [2.24, 2.45) is 0 Å². The summed E-state index contributed by atoms with van der Waals surface area (Å²) in [5.41, 5.74) is 5.86. The SMILES string of the molecule is Cc1cccc(NC(=O)c2ccc(-c3csc(C4CC4)n3)cc2)c1C. The number of nitrogens with zero attached hydrogens (tertiary/aromatic N) is 1. The molecule has 1 amide bonds. The van der Waals surface area contributed by atoms with Crippen molar-refractivity contribution in [2.45, 2.75) is 32.6 Å². The third-order valence-corrected chi connectivity index (χ3v) is 5.75. The van der Waals surface area contributed by atoms with Gasteiger partial charge in [-0.25, -0.2) is 4.98 Å². The molecule has 0 radical (unpaired) electrons. The van der Waals surface area contributed by atoms with Crippen molar-refractivity contribution in [3.8, 4) is 11.3 Å². The number of aryl methyl sites for hydroxylation is 1. The number of amides is 1. The maximum atomic E-state index is 12.5. The lowest BCUT2D eigenvalue weighted by Crippen LogP contribution is -2.12. The first kappa shape index (κ1) is 16.0. The van der Waals surface area contributed by atoms with Gasteiger partial charge in [0, 0.05) is 28.1 Å². The highest BCUT2D eigenvalue weighted by molar-refractivity contribution is 7.10. The van der Waals surface area contributed by atoms with Crippen LogP contribution in [0, 0.1) is 13.8 Å². The standard InChI is InChI=1S/C21H20N2OS/c1-13-4-3-5-18(14(13)2)22-20(24)16-8-6-15(7-9-16)19-12-25-21(23-19)17-10-11-17/h3-9,12,17H,10-11H2,1-2H3,(H,22,24). The number of benzene rings is 2. The van der Waals surface area contributed by atoms with Gasteiger partial charge in [-0.1, -0.05) is 24.3 Å². The lowest BCUT2D eigenvalue weighted by atomic mass is 10.1. The molecule has 4 rings (SSSR count). The van der Waals surface area contributed by atoms with Gasteiger partial charge in [0.05, 0.1) is 10.7 Å². The average molecular weight is 348 g/mol. The molecule has 1 aliphatic rings. The smallest absolute Gasteiger partial charge is 0.255 e. The van der Waals surface area contributed by atoms with E-state index in [2.05, 4.69) is 10.7 Å². The van der Waals surface area contributed by atoms with Gasteiger partial charge in [0.1, 0.15) is 0 Å². The molecule has 3 aromatic rings. The predicted molar refractivity (Wildman–Crippen MR) is 103 cm³/mol. The van der Waals surface area contributed by atoms with Gasteiger partial charge in [-0.3, -0.25) is 4.79 Å². The van der Waals surface area contributed by atoms with E-state index in [0.29, 0.717) is 11.5 Å². The van der Waals surface area contributed by atoms with Gasteiger partial charge in [-0.05, 0) is 56.0 Å². The minimum absolute atomic E-state index is 0.0859. The Morgan fingerprint density at radius 3 is 2.60 bits per heavy atom. The summed E-state index contributed by atoms with van der Waals surface area (Å²) >= 11 is 1.74. The molecule has 25 heavy (non-hydrogen) atoms. The minimum Gasteiger partial charge on any atom is -0.322 e. The maximum absolute atomic E-state index is 12.5. The van der Waals surface area contributed by atoms with E-state index in [9.17, 15) is 4.79 Å². The fourth-order valence-electron chi connectivity index (χ4n) is 2.81. The lowest BCUT2D eigenvalue weighted by Gasteiger charge is -2.10. The number of carbonyl (C=O) groups is 1. The zero-order valence-electron chi connectivity index (χ0n) is 14.4. The number of rotatable bonds is 4. The normalized spacial score (nSPS) is 13.7. The zero-order valence-corrected chi connectivity index (χ0v) is 15.2. The van der Waals surface area contributed by atoms with Crippen molar-refractivity contribution in [1.29, 1.82) is 0 Å². The first-order chi connectivity index (χ1) is 12.1. The Balaban J connectivity index is 1.50. The molecule has 4 heteroatoms. The highest BCUT2D eigenvalue weighted by Gasteiger charge is 2.26. The molecule has 0 bridgehead atoms. The molecule has 0 aliphatic heterocycles. The molecule has 1 aromatic heterocycles. The second-order valence-corrected chi connectivity index (χ2v) is 7.51. The van der Waals surface area contributed by atoms with E-state index < -0.39 is 0 Å². The number of hydrogen-bond acceptors (Lipinski definition) is 3. The second-order valence-electron chi connectivity index (χ2n) is 6.62. The second kappa shape index (κ2) is 6.45. The van der Waals surface area contributed by atoms with E-state index in [0.717, 1.165) is 22.5 Å². The third-order valence-electron chi connectivity index (χ3n) is 4.74. The molecule has 1 fully saturated rings. The summed E-state index contributed by atoms with van der Waals surface area (Å²) in [5, 5.41) is 6.35. The predicted octanol–water partition coefficient (Wildman–Crippen LogP) is 5.56. The lowest BCUT2D eigenvalue weighted by molar-refractivity contribution is 0.102. The van der Waals surface area contributed by atoms with Gasteiger partial charge < -0.3 is 5.32 Å². The van der Waals surface area contributed by atoms with Crippen LogP contribution in [0.25, 0.3) is 11.3 Å². The Labute approximate surface area is 151 Å². The maximum Gasteiger partial charge on any atom is 0.255 e. The molecule has 1 saturated carbocycles. The van der Waals surface area contributed by atoms with Crippen molar-refractivity contribution < 1.29 is 4.79 Å². The number of hydrogen-bond donors (Lipinski definition) is 1. The monoisotopic (exact) mass is 348 g/mol. The average Bonchev–Trinajstić information content (AvgIpc) is 3.36. The Hall–Kier alpha value is -2.46. The molecule has 1 N–H and O–H groups in total. The van der Waals surface area contributed by atoms with E-state index in [-0.39, 0.29) is 5.91 Å². The minimum atomic E-state index is -0.0859. The van der Waals surface area contributed by atoms with Crippen molar-refractivity contribution in [3.63, 3.8) is 0 Å². The fraction of sp³-hybridized carbons (Fsp3) is 0.238. The molecular weight excluding hydrogens is 328 g/mol. The summed E-state index contributed by atoms with van der Waals surface area (Å²) in [6, 6.07) is 13.6. The first-order valence-corrected chi connectivity index (χ1v) is 9.43. The van der Waals surface area contributed by atoms with Crippen LogP contribution in [0.5, 0.6) is 0 Å². The molecule has 0 atom stereocenters. The summed E-state index contributed by atoms with van der Waals surface area (Å²) < 4.78 is 0. The summed E-state index contributed by atoms with van der Waals surface area (Å²) in [6.45, 7) is 4.07. The third kappa shape index (κ3) is 3.35. The molecule has 0 saturated heterocycles. The van der Waals surface area contributed by atoms with Crippen molar-refractivity contribution >= 4 is 22.9 Å². The zero-order chi connectivity index (χ0) is 17.4. The number of thiazole rings is 1. The molecule has 1 aliphatic carbocycles. The van der Waals surface area contributed by atoms with Crippen molar-refractivity contribution in [1.82, 2.24) is 4.98 Å². The summed E-state index contributed by atoms with van der Waals surface area (Å²) in [7, 11) is 0. The van der Waals surface area contributed by atoms with Crippen LogP contribution in [0.2, 0.25) is 0 Å². The van der Waals surface area contributed by atoms with E-state index >= 15 is 0 Å². The number of anilines is 1. The quantitative estimate of drug-likeness (QED) is 0.671. The topological polar surface area (TPSA) is 42.0 Å². The number of aromatic nitrogens is 1. The van der Waals surface area contributed by atoms with Crippen LogP contribution in [-0.2, 0) is 0 Å². The van der Waals surface area contributed by atoms with Crippen LogP contribution in [0.4, 0.5) is 5.69 Å². The van der Waals surface area contributed by atoms with Crippen molar-refractivity contribution in [3.05, 3.63) is 69.5 Å². The van der Waals surface area contributed by atoms with Gasteiger partial charge in [0.15, 0.2) is 0 Å². The molecule has 126 valence electrons. The van der Waals surface area contributed by atoms with Crippen LogP contribution < -0.4 is 5.32 Å². The Morgan fingerprint density at radius 1 is 1.12 bits per heavy atom. The van der Waals surface area contributed by atoms with Gasteiger partial charge >= 0.3 is 0 Å². The summed E-state index contributed by atoms with van der Waals surface area (Å²) in [6.07, 6.45) is 2.54. The summed E-state index contributed by atoms with van der Waals surface area (Å²) in [4.78, 5) is 17.2. The summed E-state index contributed by atoms with van der Waals surface area (Å²) in [5.74, 6) is 0.596. The van der Waals surface area contributed by atoms with Crippen LogP contribution in [0.1, 0.15) is 45.3 Å². The molecule has 0 unspecified atom stereocenters. The van der Waals surface area contributed by atoms with Crippen LogP contribution in [0.3, 0.4) is 0 Å². The first-order valence-electron chi connectivity index (χ1n) is 8.55. The Kier molecular flexibility index (Phi) is 4.14. The van der Waals surface area contributed by atoms with Crippen LogP contribution in [0.15, 0.2) is 47.8 Å². The van der Waals surface area contributed by atoms with Crippen LogP contribution in [-0.4, -0.2) is 10.9 Å². The Bertz CT molecular complexity index is 923. The molecular formula is C21H20N2OS. The van der Waals surface area contributed by atoms with Crippen LogP contribution >= 0.6 is 11.3 Å².